The predicted molar refractivity (Wildman–Crippen MR) is 82.5 cm³/mol. The molecule has 0 aliphatic heterocycles. The van der Waals surface area contributed by atoms with E-state index in [0.29, 0.717) is 30.2 Å². The summed E-state index contributed by atoms with van der Waals surface area (Å²) < 4.78 is 10.5. The Kier molecular flexibility index (Phi) is 5.07. The Morgan fingerprint density at radius 2 is 2.19 bits per heavy atom. The fraction of sp³-hybridized carbons (Fsp3) is 0.562. The summed E-state index contributed by atoms with van der Waals surface area (Å²) in [6, 6.07) is 5.14. The van der Waals surface area contributed by atoms with E-state index in [1.54, 1.807) is 25.3 Å². The molecule has 116 valence electrons. The van der Waals surface area contributed by atoms with Crippen LogP contribution in [0.5, 0.6) is 5.75 Å². The second kappa shape index (κ2) is 6.80. The van der Waals surface area contributed by atoms with Gasteiger partial charge in [0.25, 0.3) is 5.91 Å². The van der Waals surface area contributed by atoms with Crippen LogP contribution in [0.2, 0.25) is 0 Å². The van der Waals surface area contributed by atoms with Crippen molar-refractivity contribution in [2.45, 2.75) is 26.2 Å². The van der Waals surface area contributed by atoms with Gasteiger partial charge in [-0.05, 0) is 49.8 Å². The predicted octanol–water partition coefficient (Wildman–Crippen LogP) is 2.21. The molecule has 0 atom stereocenters. The van der Waals surface area contributed by atoms with Crippen molar-refractivity contribution in [3.63, 3.8) is 0 Å². The number of nitrogens with two attached hydrogens (primary N) is 1. The molecule has 21 heavy (non-hydrogen) atoms. The molecule has 5 heteroatoms. The molecule has 3 N–H and O–H groups in total. The number of ether oxygens (including phenoxy) is 2. The van der Waals surface area contributed by atoms with E-state index in [1.165, 1.54) is 0 Å². The molecule has 1 aromatic rings. The van der Waals surface area contributed by atoms with Gasteiger partial charge < -0.3 is 20.5 Å². The lowest BCUT2D eigenvalue weighted by molar-refractivity contribution is 0.0938. The minimum absolute atomic E-state index is 0.0894. The van der Waals surface area contributed by atoms with Crippen molar-refractivity contribution in [3.8, 4) is 5.75 Å². The van der Waals surface area contributed by atoms with Gasteiger partial charge >= 0.3 is 0 Å². The van der Waals surface area contributed by atoms with Crippen LogP contribution in [-0.4, -0.2) is 32.8 Å². The largest absolute Gasteiger partial charge is 0.492 e. The Morgan fingerprint density at radius 1 is 1.43 bits per heavy atom. The third-order valence-electron chi connectivity index (χ3n) is 3.99. The number of anilines is 1. The number of nitrogen functional groups attached to an aromatic ring is 1. The molecule has 0 unspecified atom stereocenters. The molecule has 2 rings (SSSR count). The van der Waals surface area contributed by atoms with Crippen molar-refractivity contribution < 1.29 is 14.3 Å². The minimum atomic E-state index is -0.0894. The lowest BCUT2D eigenvalue weighted by atomic mass is 10.0. The maximum atomic E-state index is 12.2. The fourth-order valence-electron chi connectivity index (χ4n) is 2.36. The first kappa shape index (κ1) is 15.6. The molecule has 1 aliphatic carbocycles. The van der Waals surface area contributed by atoms with Crippen molar-refractivity contribution in [2.75, 3.05) is 32.6 Å². The number of carbonyl (C=O) groups is 1. The zero-order valence-corrected chi connectivity index (χ0v) is 12.8. The number of amides is 1. The molecule has 1 aromatic carbocycles. The molecule has 1 aliphatic rings. The van der Waals surface area contributed by atoms with E-state index in [1.807, 2.05) is 6.92 Å². The zero-order valence-electron chi connectivity index (χ0n) is 12.8. The summed E-state index contributed by atoms with van der Waals surface area (Å²) in [6.45, 7) is 3.89. The Bertz CT molecular complexity index is 498. The third kappa shape index (κ3) is 4.11. The molecule has 0 saturated heterocycles. The highest BCUT2D eigenvalue weighted by Crippen LogP contribution is 2.48. The van der Waals surface area contributed by atoms with Gasteiger partial charge in [-0.1, -0.05) is 0 Å². The van der Waals surface area contributed by atoms with Crippen molar-refractivity contribution in [1.82, 2.24) is 5.32 Å². The Balaban J connectivity index is 1.90. The van der Waals surface area contributed by atoms with Crippen LogP contribution in [0, 0.1) is 5.41 Å². The van der Waals surface area contributed by atoms with Crippen LogP contribution in [0.3, 0.4) is 0 Å². The Labute approximate surface area is 125 Å². The second-order valence-electron chi connectivity index (χ2n) is 5.61. The number of rotatable bonds is 8. The third-order valence-corrected chi connectivity index (χ3v) is 3.99. The average molecular weight is 292 g/mol. The number of carbonyl (C=O) groups excluding carboxylic acids is 1. The number of nitrogens with one attached hydrogen (secondary N) is 1. The summed E-state index contributed by atoms with van der Waals surface area (Å²) in [7, 11) is 1.71. The van der Waals surface area contributed by atoms with Crippen molar-refractivity contribution >= 4 is 11.6 Å². The lowest BCUT2D eigenvalue weighted by Gasteiger charge is -2.16. The van der Waals surface area contributed by atoms with E-state index in [2.05, 4.69) is 5.32 Å². The van der Waals surface area contributed by atoms with Gasteiger partial charge in [0.1, 0.15) is 5.75 Å². The average Bonchev–Trinajstić information content (AvgIpc) is 3.25. The summed E-state index contributed by atoms with van der Waals surface area (Å²) in [5, 5.41) is 3.00. The SMILES string of the molecule is CCOc1ccc(C(=O)NCC2(CCOC)CC2)cc1N. The second-order valence-corrected chi connectivity index (χ2v) is 5.61. The van der Waals surface area contributed by atoms with E-state index in [0.717, 1.165) is 25.9 Å². The highest BCUT2D eigenvalue weighted by molar-refractivity contribution is 5.95. The molecule has 0 radical (unpaired) electrons. The van der Waals surface area contributed by atoms with Crippen LogP contribution in [0.25, 0.3) is 0 Å². The Hall–Kier alpha value is -1.75. The zero-order chi connectivity index (χ0) is 15.3. The minimum Gasteiger partial charge on any atom is -0.492 e. The molecule has 0 aromatic heterocycles. The Morgan fingerprint density at radius 3 is 2.76 bits per heavy atom. The summed E-state index contributed by atoms with van der Waals surface area (Å²) in [5.41, 5.74) is 7.18. The standard InChI is InChI=1S/C16H24N2O3/c1-3-21-14-5-4-12(10-13(14)17)15(19)18-11-16(6-7-16)8-9-20-2/h4-5,10H,3,6-9,11,17H2,1-2H3,(H,18,19). The number of hydrogen-bond donors (Lipinski definition) is 2. The van der Waals surface area contributed by atoms with Gasteiger partial charge in [-0.2, -0.15) is 0 Å². The molecule has 0 bridgehead atoms. The summed E-state index contributed by atoms with van der Waals surface area (Å²) in [5.74, 6) is 0.529. The van der Waals surface area contributed by atoms with E-state index < -0.39 is 0 Å². The van der Waals surface area contributed by atoms with Crippen LogP contribution < -0.4 is 15.8 Å². The molecule has 0 heterocycles. The van der Waals surface area contributed by atoms with Gasteiger partial charge in [0.15, 0.2) is 0 Å². The first-order valence-electron chi connectivity index (χ1n) is 7.40. The number of benzene rings is 1. The van der Waals surface area contributed by atoms with Crippen molar-refractivity contribution in [3.05, 3.63) is 23.8 Å². The summed E-state index contributed by atoms with van der Waals surface area (Å²) >= 11 is 0. The fourth-order valence-corrected chi connectivity index (χ4v) is 2.36. The maximum absolute atomic E-state index is 12.2. The van der Waals surface area contributed by atoms with Gasteiger partial charge in [0.2, 0.25) is 0 Å². The van der Waals surface area contributed by atoms with Crippen LogP contribution in [0.4, 0.5) is 5.69 Å². The van der Waals surface area contributed by atoms with Gasteiger partial charge in [-0.15, -0.1) is 0 Å². The normalized spacial score (nSPS) is 15.5. The smallest absolute Gasteiger partial charge is 0.251 e. The molecule has 1 saturated carbocycles. The van der Waals surface area contributed by atoms with E-state index in [4.69, 9.17) is 15.2 Å². The van der Waals surface area contributed by atoms with Gasteiger partial charge in [0.05, 0.1) is 12.3 Å². The van der Waals surface area contributed by atoms with Crippen molar-refractivity contribution in [2.24, 2.45) is 5.41 Å². The summed E-state index contributed by atoms with van der Waals surface area (Å²) in [4.78, 5) is 12.2. The number of hydrogen-bond acceptors (Lipinski definition) is 4. The molecular formula is C16H24N2O3. The topological polar surface area (TPSA) is 73.6 Å². The quantitative estimate of drug-likeness (QED) is 0.721. The van der Waals surface area contributed by atoms with Crippen LogP contribution in [-0.2, 0) is 4.74 Å². The van der Waals surface area contributed by atoms with Gasteiger partial charge in [-0.25, -0.2) is 0 Å². The van der Waals surface area contributed by atoms with Crippen LogP contribution in [0.1, 0.15) is 36.5 Å². The number of methoxy groups -OCH3 is 1. The molecule has 0 spiro atoms. The van der Waals surface area contributed by atoms with Gasteiger partial charge in [-0.3, -0.25) is 4.79 Å². The van der Waals surface area contributed by atoms with E-state index in [-0.39, 0.29) is 11.3 Å². The lowest BCUT2D eigenvalue weighted by Crippen LogP contribution is -2.30. The molecule has 5 nitrogen and oxygen atoms in total. The van der Waals surface area contributed by atoms with E-state index >= 15 is 0 Å². The summed E-state index contributed by atoms with van der Waals surface area (Å²) in [6.07, 6.45) is 3.30. The molecular weight excluding hydrogens is 268 g/mol. The molecule has 1 amide bonds. The first-order chi connectivity index (χ1) is 10.1. The van der Waals surface area contributed by atoms with Crippen LogP contribution in [0.15, 0.2) is 18.2 Å². The molecule has 1 fully saturated rings. The highest BCUT2D eigenvalue weighted by Gasteiger charge is 2.42. The van der Waals surface area contributed by atoms with Crippen LogP contribution >= 0.6 is 0 Å². The highest BCUT2D eigenvalue weighted by atomic mass is 16.5. The van der Waals surface area contributed by atoms with E-state index in [9.17, 15) is 4.79 Å². The van der Waals surface area contributed by atoms with Gasteiger partial charge in [0, 0.05) is 25.8 Å². The van der Waals surface area contributed by atoms with Crippen molar-refractivity contribution in [1.29, 1.82) is 0 Å². The monoisotopic (exact) mass is 292 g/mol. The maximum Gasteiger partial charge on any atom is 0.251 e. The first-order valence-corrected chi connectivity index (χ1v) is 7.40.